The highest BCUT2D eigenvalue weighted by Gasteiger charge is 2.05. The highest BCUT2D eigenvalue weighted by atomic mass is 16.5. The van der Waals surface area contributed by atoms with E-state index in [9.17, 15) is 4.79 Å². The third-order valence-electron chi connectivity index (χ3n) is 3.19. The number of nitrogens with zero attached hydrogens (tertiary/aromatic N) is 6. The zero-order valence-electron chi connectivity index (χ0n) is 14.2. The van der Waals surface area contributed by atoms with E-state index in [4.69, 9.17) is 4.74 Å². The van der Waals surface area contributed by atoms with Crippen LogP contribution < -0.4 is 15.4 Å². The van der Waals surface area contributed by atoms with Gasteiger partial charge in [-0.2, -0.15) is 5.10 Å². The monoisotopic (exact) mass is 354 g/mol. The number of anilines is 1. The molecule has 0 radical (unpaired) electrons. The van der Waals surface area contributed by atoms with Crippen LogP contribution in [0.2, 0.25) is 0 Å². The number of nitrogens with one attached hydrogen (secondary N) is 2. The van der Waals surface area contributed by atoms with Crippen molar-refractivity contribution in [3.63, 3.8) is 0 Å². The van der Waals surface area contributed by atoms with Crippen molar-refractivity contribution >= 4 is 11.7 Å². The van der Waals surface area contributed by atoms with E-state index in [1.54, 1.807) is 35.4 Å². The Morgan fingerprint density at radius 1 is 1.15 bits per heavy atom. The highest BCUT2D eigenvalue weighted by molar-refractivity contribution is 5.77. The fraction of sp³-hybridized carbons (Fsp3) is 0.250. The number of aryl methyl sites for hydroxylation is 1. The van der Waals surface area contributed by atoms with Crippen LogP contribution in [0.1, 0.15) is 5.82 Å². The Labute approximate surface area is 149 Å². The van der Waals surface area contributed by atoms with Crippen molar-refractivity contribution in [2.45, 2.75) is 6.92 Å². The standard InChI is InChI=1S/C16H18N8O2/c1-12-22-13(10-14(23-12)24-9-3-6-21-24)17-7-8-18-15(25)11-26-16-19-4-2-5-20-16/h2-6,9-10H,7-8,11H2,1H3,(H,18,25)(H,17,22,23). The van der Waals surface area contributed by atoms with Crippen LogP contribution in [0.5, 0.6) is 6.01 Å². The van der Waals surface area contributed by atoms with E-state index in [1.807, 2.05) is 19.2 Å². The predicted octanol–water partition coefficient (Wildman–Crippen LogP) is 0.368. The van der Waals surface area contributed by atoms with Gasteiger partial charge >= 0.3 is 6.01 Å². The molecule has 0 fully saturated rings. The van der Waals surface area contributed by atoms with Crippen LogP contribution in [0.3, 0.4) is 0 Å². The maximum absolute atomic E-state index is 11.7. The lowest BCUT2D eigenvalue weighted by Crippen LogP contribution is -2.33. The first-order valence-corrected chi connectivity index (χ1v) is 7.97. The molecule has 3 heterocycles. The molecule has 0 saturated heterocycles. The molecule has 134 valence electrons. The first kappa shape index (κ1) is 17.3. The summed E-state index contributed by atoms with van der Waals surface area (Å²) >= 11 is 0. The van der Waals surface area contributed by atoms with Crippen molar-refractivity contribution in [2.24, 2.45) is 0 Å². The van der Waals surface area contributed by atoms with Crippen LogP contribution in [-0.4, -0.2) is 55.3 Å². The minimum absolute atomic E-state index is 0.139. The van der Waals surface area contributed by atoms with Crippen molar-refractivity contribution in [1.82, 2.24) is 35.0 Å². The molecule has 0 saturated carbocycles. The molecule has 2 N–H and O–H groups in total. The van der Waals surface area contributed by atoms with E-state index < -0.39 is 0 Å². The topological polar surface area (TPSA) is 120 Å². The van der Waals surface area contributed by atoms with Gasteiger partial charge in [-0.3, -0.25) is 4.79 Å². The van der Waals surface area contributed by atoms with Gasteiger partial charge in [0.05, 0.1) is 0 Å². The highest BCUT2D eigenvalue weighted by Crippen LogP contribution is 2.09. The molecule has 0 aliphatic rings. The van der Waals surface area contributed by atoms with Gasteiger partial charge in [0.2, 0.25) is 0 Å². The lowest BCUT2D eigenvalue weighted by atomic mass is 10.4. The van der Waals surface area contributed by atoms with Crippen molar-refractivity contribution in [3.05, 3.63) is 48.8 Å². The van der Waals surface area contributed by atoms with Crippen LogP contribution in [0.4, 0.5) is 5.82 Å². The number of aromatic nitrogens is 6. The van der Waals surface area contributed by atoms with Crippen molar-refractivity contribution in [2.75, 3.05) is 25.0 Å². The number of rotatable bonds is 8. The summed E-state index contributed by atoms with van der Waals surface area (Å²) in [5.74, 6) is 1.70. The molecule has 3 rings (SSSR count). The Balaban J connectivity index is 1.43. The minimum Gasteiger partial charge on any atom is -0.453 e. The quantitative estimate of drug-likeness (QED) is 0.557. The largest absolute Gasteiger partial charge is 0.453 e. The van der Waals surface area contributed by atoms with Crippen molar-refractivity contribution in [1.29, 1.82) is 0 Å². The summed E-state index contributed by atoms with van der Waals surface area (Å²) in [6.45, 7) is 2.59. The van der Waals surface area contributed by atoms with E-state index in [2.05, 4.69) is 35.7 Å². The number of carbonyl (C=O) groups is 1. The number of hydrogen-bond donors (Lipinski definition) is 2. The van der Waals surface area contributed by atoms with Gasteiger partial charge in [0, 0.05) is 43.9 Å². The average molecular weight is 354 g/mol. The molecule has 26 heavy (non-hydrogen) atoms. The molecule has 0 aromatic carbocycles. The van der Waals surface area contributed by atoms with Gasteiger partial charge in [-0.1, -0.05) is 0 Å². The summed E-state index contributed by atoms with van der Waals surface area (Å²) < 4.78 is 6.83. The Morgan fingerprint density at radius 2 is 2.00 bits per heavy atom. The molecule has 0 aliphatic carbocycles. The van der Waals surface area contributed by atoms with Crippen LogP contribution in [0.15, 0.2) is 43.0 Å². The summed E-state index contributed by atoms with van der Waals surface area (Å²) in [7, 11) is 0. The summed E-state index contributed by atoms with van der Waals surface area (Å²) in [4.78, 5) is 28.1. The first-order valence-electron chi connectivity index (χ1n) is 7.97. The maximum atomic E-state index is 11.7. The first-order chi connectivity index (χ1) is 12.7. The maximum Gasteiger partial charge on any atom is 0.316 e. The second-order valence-corrected chi connectivity index (χ2v) is 5.21. The van der Waals surface area contributed by atoms with Gasteiger partial charge in [0.15, 0.2) is 12.4 Å². The summed E-state index contributed by atoms with van der Waals surface area (Å²) in [5, 5.41) is 10.0. The van der Waals surface area contributed by atoms with Crippen molar-refractivity contribution in [3.8, 4) is 11.8 Å². The van der Waals surface area contributed by atoms with Gasteiger partial charge in [-0.25, -0.2) is 24.6 Å². The van der Waals surface area contributed by atoms with Crippen LogP contribution in [-0.2, 0) is 4.79 Å². The van der Waals surface area contributed by atoms with Gasteiger partial charge in [0.25, 0.3) is 5.91 Å². The Kier molecular flexibility index (Phi) is 5.65. The summed E-state index contributed by atoms with van der Waals surface area (Å²) in [6.07, 6.45) is 6.58. The Bertz CT molecular complexity index is 839. The number of amides is 1. The molecule has 0 aliphatic heterocycles. The minimum atomic E-state index is -0.254. The van der Waals surface area contributed by atoms with E-state index in [0.29, 0.717) is 30.5 Å². The Morgan fingerprint density at radius 3 is 2.77 bits per heavy atom. The average Bonchev–Trinajstić information content (AvgIpc) is 3.19. The number of ether oxygens (including phenoxy) is 1. The van der Waals surface area contributed by atoms with Gasteiger partial charge in [0.1, 0.15) is 11.6 Å². The second-order valence-electron chi connectivity index (χ2n) is 5.21. The molecule has 10 nitrogen and oxygen atoms in total. The molecular formula is C16H18N8O2. The molecule has 0 spiro atoms. The van der Waals surface area contributed by atoms with E-state index in [1.165, 1.54) is 0 Å². The SMILES string of the molecule is Cc1nc(NCCNC(=O)COc2ncccn2)cc(-n2cccn2)n1. The molecule has 0 atom stereocenters. The summed E-state index contributed by atoms with van der Waals surface area (Å²) in [5.41, 5.74) is 0. The van der Waals surface area contributed by atoms with Crippen LogP contribution in [0.25, 0.3) is 5.82 Å². The van der Waals surface area contributed by atoms with Crippen LogP contribution >= 0.6 is 0 Å². The van der Waals surface area contributed by atoms with Gasteiger partial charge in [-0.15, -0.1) is 0 Å². The number of hydrogen-bond acceptors (Lipinski definition) is 8. The van der Waals surface area contributed by atoms with E-state index >= 15 is 0 Å². The molecule has 0 bridgehead atoms. The van der Waals surface area contributed by atoms with Gasteiger partial charge in [-0.05, 0) is 19.1 Å². The molecular weight excluding hydrogens is 336 g/mol. The van der Waals surface area contributed by atoms with E-state index in [0.717, 1.165) is 0 Å². The predicted molar refractivity (Wildman–Crippen MR) is 92.9 cm³/mol. The van der Waals surface area contributed by atoms with Gasteiger partial charge < -0.3 is 15.4 Å². The van der Waals surface area contributed by atoms with Crippen LogP contribution in [0, 0.1) is 6.92 Å². The molecule has 10 heteroatoms. The third kappa shape index (κ3) is 4.97. The Hall–Kier alpha value is -3.56. The van der Waals surface area contributed by atoms with Crippen molar-refractivity contribution < 1.29 is 9.53 Å². The molecule has 3 aromatic heterocycles. The zero-order chi connectivity index (χ0) is 18.2. The molecule has 3 aromatic rings. The fourth-order valence-corrected chi connectivity index (χ4v) is 2.10. The third-order valence-corrected chi connectivity index (χ3v) is 3.19. The fourth-order valence-electron chi connectivity index (χ4n) is 2.10. The molecule has 1 amide bonds. The second kappa shape index (κ2) is 8.51. The normalized spacial score (nSPS) is 10.3. The molecule has 0 unspecified atom stereocenters. The lowest BCUT2D eigenvalue weighted by Gasteiger charge is -2.09. The van der Waals surface area contributed by atoms with E-state index in [-0.39, 0.29) is 18.5 Å². The zero-order valence-corrected chi connectivity index (χ0v) is 14.2. The summed E-state index contributed by atoms with van der Waals surface area (Å²) in [6, 6.07) is 5.45. The smallest absolute Gasteiger partial charge is 0.316 e. The lowest BCUT2D eigenvalue weighted by molar-refractivity contribution is -0.123. The number of carbonyl (C=O) groups excluding carboxylic acids is 1.